The van der Waals surface area contributed by atoms with Crippen molar-refractivity contribution in [2.75, 3.05) is 18.5 Å². The number of anilines is 1. The molecule has 16 heteroatoms. The average Bonchev–Trinajstić information content (AvgIpc) is 3.28. The smallest absolute Gasteiger partial charge is 0.435 e. The second-order valence-corrected chi connectivity index (χ2v) is 12.5. The van der Waals surface area contributed by atoms with Gasteiger partial charge in [0.2, 0.25) is 3.79 Å². The Labute approximate surface area is 251 Å². The van der Waals surface area contributed by atoms with Crippen molar-refractivity contribution in [2.45, 2.75) is 36.5 Å². The first-order valence-corrected chi connectivity index (χ1v) is 14.8. The zero-order valence-electron chi connectivity index (χ0n) is 21.9. The first-order valence-electron chi connectivity index (χ1n) is 12.2. The van der Waals surface area contributed by atoms with Gasteiger partial charge in [-0.3, -0.25) is 4.79 Å². The van der Waals surface area contributed by atoms with Crippen LogP contribution in [0.4, 0.5) is 10.5 Å². The molecular weight excluding hydrogens is 621 g/mol. The number of alkyl halides is 3. The van der Waals surface area contributed by atoms with Gasteiger partial charge in [-0.05, 0) is 61.4 Å². The number of carbonyl (C=O) groups excluding carboxylic acids is 2. The lowest BCUT2D eigenvalue weighted by Crippen LogP contribution is -2.41. The van der Waals surface area contributed by atoms with Crippen LogP contribution in [0.25, 0.3) is 11.0 Å². The minimum absolute atomic E-state index is 0.177. The molecule has 3 rings (SSSR count). The maximum atomic E-state index is 13.1. The summed E-state index contributed by atoms with van der Waals surface area (Å²) in [5.41, 5.74) is 7.51. The second kappa shape index (κ2) is 13.6. The predicted molar refractivity (Wildman–Crippen MR) is 158 cm³/mol. The van der Waals surface area contributed by atoms with Crippen molar-refractivity contribution in [3.63, 3.8) is 0 Å². The van der Waals surface area contributed by atoms with Gasteiger partial charge in [0, 0.05) is 23.1 Å². The summed E-state index contributed by atoms with van der Waals surface area (Å²) in [5.74, 6) is 0.0149. The summed E-state index contributed by atoms with van der Waals surface area (Å²) >= 11 is 16.6. The molecule has 6 N–H and O–H groups in total. The van der Waals surface area contributed by atoms with Gasteiger partial charge >= 0.3 is 6.09 Å². The molecule has 0 saturated heterocycles. The number of carbonyl (C=O) groups is 2. The molecule has 0 aliphatic rings. The lowest BCUT2D eigenvalue weighted by molar-refractivity contribution is -0.120. The summed E-state index contributed by atoms with van der Waals surface area (Å²) in [6.07, 6.45) is 0.503. The number of rotatable bonds is 11. The maximum absolute atomic E-state index is 13.1. The van der Waals surface area contributed by atoms with Crippen LogP contribution in [0.2, 0.25) is 0 Å². The Balaban J connectivity index is 1.93. The summed E-state index contributed by atoms with van der Waals surface area (Å²) in [5, 5.41) is 8.74. The summed E-state index contributed by atoms with van der Waals surface area (Å²) in [6, 6.07) is 10.0. The third-order valence-electron chi connectivity index (χ3n) is 5.35. The molecule has 2 aromatic carbocycles. The molecule has 0 spiro atoms. The van der Waals surface area contributed by atoms with Crippen LogP contribution in [0, 0.1) is 0 Å². The van der Waals surface area contributed by atoms with Gasteiger partial charge in [0.05, 0.1) is 6.61 Å². The molecule has 12 nitrogen and oxygen atoms in total. The number of aryl methyl sites for hydroxylation is 1. The molecule has 0 aliphatic carbocycles. The van der Waals surface area contributed by atoms with E-state index in [0.29, 0.717) is 46.6 Å². The quantitative estimate of drug-likeness (QED) is 0.132. The number of hydrogen-bond donors (Lipinski definition) is 4. The molecule has 0 aliphatic heterocycles. The number of halogens is 3. The zero-order chi connectivity index (χ0) is 30.4. The number of amides is 2. The largest absolute Gasteiger partial charge is 0.490 e. The number of amidine groups is 1. The Kier molecular flexibility index (Phi) is 10.7. The van der Waals surface area contributed by atoms with Gasteiger partial charge < -0.3 is 24.9 Å². The lowest BCUT2D eigenvalue weighted by Gasteiger charge is -2.20. The van der Waals surface area contributed by atoms with E-state index in [9.17, 15) is 18.0 Å². The number of furan rings is 1. The summed E-state index contributed by atoms with van der Waals surface area (Å²) in [4.78, 5) is 28.5. The molecule has 41 heavy (non-hydrogen) atoms. The van der Waals surface area contributed by atoms with Crippen LogP contribution in [-0.4, -0.2) is 43.3 Å². The van der Waals surface area contributed by atoms with Gasteiger partial charge in [-0.25, -0.2) is 14.7 Å². The Hall–Kier alpha value is -3.23. The van der Waals surface area contributed by atoms with Crippen LogP contribution >= 0.6 is 34.8 Å². The molecule has 0 radical (unpaired) electrons. The van der Waals surface area contributed by atoms with Crippen molar-refractivity contribution in [1.82, 2.24) is 4.72 Å². The van der Waals surface area contributed by atoms with Crippen molar-refractivity contribution in [3.05, 3.63) is 59.4 Å². The van der Waals surface area contributed by atoms with E-state index in [-0.39, 0.29) is 5.84 Å². The second-order valence-electron chi connectivity index (χ2n) is 8.67. The van der Waals surface area contributed by atoms with Gasteiger partial charge in [-0.1, -0.05) is 41.7 Å². The van der Waals surface area contributed by atoms with Crippen LogP contribution in [0.15, 0.2) is 51.9 Å². The normalized spacial score (nSPS) is 13.1. The highest BCUT2D eigenvalue weighted by molar-refractivity contribution is 7.87. The molecular formula is C25H28Cl3N5O7S. The third kappa shape index (κ3) is 9.68. The van der Waals surface area contributed by atoms with E-state index in [4.69, 9.17) is 59.6 Å². The standard InChI is InChI=1S/C25H28Cl3N5O7S/c1-3-5-18-11-16-10-15(12-19(38-4-2)21(16)40-18)20(23(34)33-41(30,36)37)31-17-8-6-14(7-9-17)22(29)32-24(35)39-13-25(26,27)28/h6-12,20,31H,3-5,13H2,1-2H3,(H,33,34)(H2,29,32,35)(H2,30,36,37). The Bertz CT molecular complexity index is 1540. The lowest BCUT2D eigenvalue weighted by atomic mass is 10.0. The van der Waals surface area contributed by atoms with Gasteiger partial charge in [0.15, 0.2) is 11.3 Å². The average molecular weight is 649 g/mol. The van der Waals surface area contributed by atoms with Crippen LogP contribution in [-0.2, 0) is 26.2 Å². The molecule has 1 aromatic heterocycles. The van der Waals surface area contributed by atoms with E-state index in [2.05, 4.69) is 10.3 Å². The predicted octanol–water partition coefficient (Wildman–Crippen LogP) is 4.47. The number of hydrogen-bond acceptors (Lipinski definition) is 8. The first-order chi connectivity index (χ1) is 19.2. The number of benzene rings is 2. The highest BCUT2D eigenvalue weighted by Crippen LogP contribution is 2.34. The van der Waals surface area contributed by atoms with Crippen LogP contribution in [0.3, 0.4) is 0 Å². The number of aliphatic imine (C=N–C) groups is 1. The molecule has 1 heterocycles. The number of ether oxygens (including phenoxy) is 2. The minimum Gasteiger partial charge on any atom is -0.490 e. The molecule has 222 valence electrons. The summed E-state index contributed by atoms with van der Waals surface area (Å²) in [6.45, 7) is 3.62. The molecule has 0 saturated carbocycles. The number of fused-ring (bicyclic) bond motifs is 1. The molecule has 2 amide bonds. The molecule has 1 atom stereocenters. The van der Waals surface area contributed by atoms with E-state index >= 15 is 0 Å². The van der Waals surface area contributed by atoms with Gasteiger partial charge in [-0.2, -0.15) is 13.4 Å². The minimum atomic E-state index is -4.37. The number of nitrogens with two attached hydrogens (primary N) is 2. The highest BCUT2D eigenvalue weighted by Gasteiger charge is 2.26. The highest BCUT2D eigenvalue weighted by atomic mass is 35.6. The number of nitrogens with one attached hydrogen (secondary N) is 2. The Morgan fingerprint density at radius 3 is 2.39 bits per heavy atom. The van der Waals surface area contributed by atoms with Crippen molar-refractivity contribution in [1.29, 1.82) is 0 Å². The van der Waals surface area contributed by atoms with Crippen molar-refractivity contribution in [3.8, 4) is 5.75 Å². The molecule has 0 bridgehead atoms. The molecule has 1 unspecified atom stereocenters. The van der Waals surface area contributed by atoms with Crippen LogP contribution < -0.4 is 25.6 Å². The van der Waals surface area contributed by atoms with E-state index < -0.39 is 38.7 Å². The topological polar surface area (TPSA) is 188 Å². The van der Waals surface area contributed by atoms with Gasteiger partial charge in [0.1, 0.15) is 24.2 Å². The van der Waals surface area contributed by atoms with Gasteiger partial charge in [-0.15, -0.1) is 0 Å². The third-order valence-corrected chi connectivity index (χ3v) is 6.17. The Morgan fingerprint density at radius 1 is 1.12 bits per heavy atom. The summed E-state index contributed by atoms with van der Waals surface area (Å²) < 4.78 is 39.8. The maximum Gasteiger partial charge on any atom is 0.435 e. The summed E-state index contributed by atoms with van der Waals surface area (Å²) in [7, 11) is -4.37. The SMILES string of the molecule is CCCc1cc2cc(C(Nc3ccc(/C(N)=N/C(=O)OCC(Cl)(Cl)Cl)cc3)C(=O)NS(N)(=O)=O)cc(OCC)c2o1. The van der Waals surface area contributed by atoms with Crippen LogP contribution in [0.5, 0.6) is 5.75 Å². The van der Waals surface area contributed by atoms with Crippen molar-refractivity contribution < 1.29 is 31.9 Å². The first kappa shape index (κ1) is 32.3. The fraction of sp³-hybridized carbons (Fsp3) is 0.320. The molecule has 3 aromatic rings. The van der Waals surface area contributed by atoms with E-state index in [0.717, 1.165) is 12.2 Å². The monoisotopic (exact) mass is 647 g/mol. The van der Waals surface area contributed by atoms with Crippen LogP contribution in [0.1, 0.15) is 43.2 Å². The van der Waals surface area contributed by atoms with Gasteiger partial charge in [0.25, 0.3) is 16.1 Å². The van der Waals surface area contributed by atoms with E-state index in [1.54, 1.807) is 35.9 Å². The fourth-order valence-electron chi connectivity index (χ4n) is 3.74. The van der Waals surface area contributed by atoms with E-state index in [1.807, 2.05) is 13.0 Å². The Morgan fingerprint density at radius 2 is 1.80 bits per heavy atom. The van der Waals surface area contributed by atoms with Crippen molar-refractivity contribution in [2.24, 2.45) is 15.9 Å². The van der Waals surface area contributed by atoms with E-state index in [1.165, 1.54) is 12.1 Å². The zero-order valence-corrected chi connectivity index (χ0v) is 25.0. The number of nitrogens with zero attached hydrogens (tertiary/aromatic N) is 1. The molecule has 0 fully saturated rings. The van der Waals surface area contributed by atoms with Crippen molar-refractivity contribution >= 4 is 79.5 Å². The fourth-order valence-corrected chi connectivity index (χ4v) is 4.30.